The van der Waals surface area contributed by atoms with Crippen molar-refractivity contribution in [1.29, 1.82) is 0 Å². The maximum atomic E-state index is 12.2. The van der Waals surface area contributed by atoms with Crippen molar-refractivity contribution < 1.29 is 4.79 Å². The van der Waals surface area contributed by atoms with Crippen LogP contribution in [-0.2, 0) is 0 Å². The van der Waals surface area contributed by atoms with Crippen LogP contribution in [0.2, 0.25) is 5.15 Å². The van der Waals surface area contributed by atoms with Crippen LogP contribution in [0.25, 0.3) is 0 Å². The Kier molecular flexibility index (Phi) is 5.02. The normalized spacial score (nSPS) is 16.7. The predicted molar refractivity (Wildman–Crippen MR) is 77.7 cm³/mol. The van der Waals surface area contributed by atoms with E-state index in [4.69, 9.17) is 11.6 Å². The Morgan fingerprint density at radius 3 is 2.58 bits per heavy atom. The first-order valence-corrected chi connectivity index (χ1v) is 7.23. The first-order chi connectivity index (χ1) is 9.19. The topological polar surface area (TPSA) is 54.0 Å². The molecule has 0 atom stereocenters. The van der Waals surface area contributed by atoms with Crippen molar-refractivity contribution in [3.8, 4) is 0 Å². The van der Waals surface area contributed by atoms with Crippen LogP contribution in [0.15, 0.2) is 12.1 Å². The number of nitrogens with one attached hydrogen (secondary N) is 2. The molecule has 4 nitrogen and oxygen atoms in total. The first-order valence-electron chi connectivity index (χ1n) is 6.85. The molecular formula is C14H20ClN3O. The molecule has 1 amide bonds. The average Bonchev–Trinajstić information content (AvgIpc) is 2.66. The Bertz CT molecular complexity index is 442. The highest BCUT2D eigenvalue weighted by molar-refractivity contribution is 6.29. The van der Waals surface area contributed by atoms with E-state index in [0.29, 0.717) is 22.6 Å². The molecule has 1 aliphatic rings. The summed E-state index contributed by atoms with van der Waals surface area (Å²) < 4.78 is 0. The summed E-state index contributed by atoms with van der Waals surface area (Å²) in [5.41, 5.74) is 0.564. The minimum atomic E-state index is -0.0623. The van der Waals surface area contributed by atoms with Gasteiger partial charge in [-0.3, -0.25) is 4.79 Å². The van der Waals surface area contributed by atoms with Crippen LogP contribution in [0.3, 0.4) is 0 Å². The quantitative estimate of drug-likeness (QED) is 0.661. The third kappa shape index (κ3) is 4.10. The van der Waals surface area contributed by atoms with Crippen LogP contribution in [-0.4, -0.2) is 24.0 Å². The Morgan fingerprint density at radius 2 is 1.95 bits per heavy atom. The number of halogens is 1. The maximum Gasteiger partial charge on any atom is 0.251 e. The highest BCUT2D eigenvalue weighted by Crippen LogP contribution is 2.19. The van der Waals surface area contributed by atoms with Gasteiger partial charge >= 0.3 is 0 Å². The largest absolute Gasteiger partial charge is 0.373 e. The zero-order chi connectivity index (χ0) is 13.7. The number of amides is 1. The lowest BCUT2D eigenvalue weighted by Gasteiger charge is -2.16. The number of pyridine rings is 1. The lowest BCUT2D eigenvalue weighted by atomic mass is 10.1. The van der Waals surface area contributed by atoms with Crippen molar-refractivity contribution in [3.63, 3.8) is 0 Å². The molecule has 5 heteroatoms. The van der Waals surface area contributed by atoms with Gasteiger partial charge in [-0.2, -0.15) is 0 Å². The van der Waals surface area contributed by atoms with Gasteiger partial charge in [-0.1, -0.05) is 37.3 Å². The fourth-order valence-electron chi connectivity index (χ4n) is 2.45. The van der Waals surface area contributed by atoms with Crippen molar-refractivity contribution in [2.45, 2.75) is 44.6 Å². The summed E-state index contributed by atoms with van der Waals surface area (Å²) >= 11 is 5.91. The van der Waals surface area contributed by atoms with Gasteiger partial charge in [0.15, 0.2) is 0 Å². The third-order valence-electron chi connectivity index (χ3n) is 3.50. The van der Waals surface area contributed by atoms with Crippen LogP contribution in [0.5, 0.6) is 0 Å². The van der Waals surface area contributed by atoms with E-state index in [9.17, 15) is 4.79 Å². The molecule has 0 saturated heterocycles. The molecule has 1 saturated carbocycles. The van der Waals surface area contributed by atoms with E-state index >= 15 is 0 Å². The van der Waals surface area contributed by atoms with Gasteiger partial charge in [0.05, 0.1) is 0 Å². The number of anilines is 1. The first kappa shape index (κ1) is 14.1. The van der Waals surface area contributed by atoms with Crippen LogP contribution in [0, 0.1) is 0 Å². The summed E-state index contributed by atoms with van der Waals surface area (Å²) in [6.45, 7) is 0. The van der Waals surface area contributed by atoms with Crippen molar-refractivity contribution in [2.24, 2.45) is 0 Å². The summed E-state index contributed by atoms with van der Waals surface area (Å²) in [5, 5.41) is 6.33. The Morgan fingerprint density at radius 1 is 1.26 bits per heavy atom. The number of nitrogens with zero attached hydrogens (tertiary/aromatic N) is 1. The molecule has 0 unspecified atom stereocenters. The molecule has 0 bridgehead atoms. The highest BCUT2D eigenvalue weighted by Gasteiger charge is 2.16. The molecule has 2 N–H and O–H groups in total. The van der Waals surface area contributed by atoms with Gasteiger partial charge < -0.3 is 10.6 Å². The Labute approximate surface area is 118 Å². The Balaban J connectivity index is 2.04. The second-order valence-corrected chi connectivity index (χ2v) is 5.36. The molecule has 0 radical (unpaired) electrons. The monoisotopic (exact) mass is 281 g/mol. The minimum Gasteiger partial charge on any atom is -0.373 e. The van der Waals surface area contributed by atoms with Gasteiger partial charge in [0, 0.05) is 18.7 Å². The van der Waals surface area contributed by atoms with E-state index in [1.54, 1.807) is 19.2 Å². The fraction of sp³-hybridized carbons (Fsp3) is 0.571. The highest BCUT2D eigenvalue weighted by atomic mass is 35.5. The van der Waals surface area contributed by atoms with Crippen molar-refractivity contribution in [2.75, 3.05) is 12.4 Å². The average molecular weight is 282 g/mol. The van der Waals surface area contributed by atoms with E-state index in [1.807, 2.05) is 0 Å². The van der Waals surface area contributed by atoms with E-state index in [1.165, 1.54) is 25.7 Å². The molecular weight excluding hydrogens is 262 g/mol. The maximum absolute atomic E-state index is 12.2. The summed E-state index contributed by atoms with van der Waals surface area (Å²) in [6, 6.07) is 3.62. The molecule has 0 aromatic carbocycles. The standard InChI is InChI=1S/C14H20ClN3O/c1-16-13-9-10(8-12(15)18-13)14(19)17-11-6-4-2-3-5-7-11/h8-9,11H,2-7H2,1H3,(H,16,18)(H,17,19). The second-order valence-electron chi connectivity index (χ2n) is 4.98. The number of hydrogen-bond acceptors (Lipinski definition) is 3. The van der Waals surface area contributed by atoms with Gasteiger partial charge in [0.25, 0.3) is 5.91 Å². The summed E-state index contributed by atoms with van der Waals surface area (Å²) in [6.07, 6.45) is 7.09. The molecule has 1 aromatic rings. The van der Waals surface area contributed by atoms with Crippen LogP contribution in [0.1, 0.15) is 48.9 Å². The second kappa shape index (κ2) is 6.75. The summed E-state index contributed by atoms with van der Waals surface area (Å²) in [7, 11) is 1.76. The summed E-state index contributed by atoms with van der Waals surface area (Å²) in [5.74, 6) is 0.547. The molecule has 1 heterocycles. The molecule has 1 aromatic heterocycles. The Hall–Kier alpha value is -1.29. The van der Waals surface area contributed by atoms with Gasteiger partial charge in [-0.05, 0) is 25.0 Å². The van der Waals surface area contributed by atoms with E-state index in [0.717, 1.165) is 12.8 Å². The minimum absolute atomic E-state index is 0.0623. The molecule has 104 valence electrons. The molecule has 1 fully saturated rings. The number of aromatic nitrogens is 1. The SMILES string of the molecule is CNc1cc(C(=O)NC2CCCCCC2)cc(Cl)n1. The molecule has 2 rings (SSSR count). The number of rotatable bonds is 3. The molecule has 0 spiro atoms. The van der Waals surface area contributed by atoms with Gasteiger partial charge in [-0.25, -0.2) is 4.98 Å². The van der Waals surface area contributed by atoms with Crippen LogP contribution in [0.4, 0.5) is 5.82 Å². The van der Waals surface area contributed by atoms with Crippen LogP contribution < -0.4 is 10.6 Å². The smallest absolute Gasteiger partial charge is 0.251 e. The summed E-state index contributed by atoms with van der Waals surface area (Å²) in [4.78, 5) is 16.3. The molecule has 0 aliphatic heterocycles. The lowest BCUT2D eigenvalue weighted by Crippen LogP contribution is -2.34. The van der Waals surface area contributed by atoms with Crippen molar-refractivity contribution in [3.05, 3.63) is 22.8 Å². The van der Waals surface area contributed by atoms with Gasteiger partial charge in [-0.15, -0.1) is 0 Å². The van der Waals surface area contributed by atoms with Crippen molar-refractivity contribution >= 4 is 23.3 Å². The van der Waals surface area contributed by atoms with Gasteiger partial charge in [0.2, 0.25) is 0 Å². The third-order valence-corrected chi connectivity index (χ3v) is 3.70. The number of hydrogen-bond donors (Lipinski definition) is 2. The van der Waals surface area contributed by atoms with Crippen molar-refractivity contribution in [1.82, 2.24) is 10.3 Å². The van der Waals surface area contributed by atoms with E-state index in [2.05, 4.69) is 15.6 Å². The molecule has 19 heavy (non-hydrogen) atoms. The van der Waals surface area contributed by atoms with E-state index in [-0.39, 0.29) is 5.91 Å². The van der Waals surface area contributed by atoms with Crippen LogP contribution >= 0.6 is 11.6 Å². The number of carbonyl (C=O) groups is 1. The number of carbonyl (C=O) groups excluding carboxylic acids is 1. The fourth-order valence-corrected chi connectivity index (χ4v) is 2.66. The zero-order valence-electron chi connectivity index (χ0n) is 11.2. The zero-order valence-corrected chi connectivity index (χ0v) is 12.0. The van der Waals surface area contributed by atoms with E-state index < -0.39 is 0 Å². The predicted octanol–water partition coefficient (Wildman–Crippen LogP) is 3.23. The van der Waals surface area contributed by atoms with Gasteiger partial charge in [0.1, 0.15) is 11.0 Å². The molecule has 1 aliphatic carbocycles. The lowest BCUT2D eigenvalue weighted by molar-refractivity contribution is 0.0933.